The first-order valence-electron chi connectivity index (χ1n) is 7.67. The van der Waals surface area contributed by atoms with E-state index < -0.39 is 0 Å². The third kappa shape index (κ3) is 3.20. The average Bonchev–Trinajstić information content (AvgIpc) is 2.70. The van der Waals surface area contributed by atoms with Crippen LogP contribution in [0.5, 0.6) is 0 Å². The molecule has 20 heavy (non-hydrogen) atoms. The van der Waals surface area contributed by atoms with Gasteiger partial charge in [0.25, 0.3) is 0 Å². The van der Waals surface area contributed by atoms with Crippen LogP contribution in [-0.4, -0.2) is 45.8 Å². The summed E-state index contributed by atoms with van der Waals surface area (Å²) in [4.78, 5) is 2.41. The summed E-state index contributed by atoms with van der Waals surface area (Å²) in [6.07, 6.45) is 5.28. The number of hydrogen-bond acceptors (Lipinski definition) is 4. The van der Waals surface area contributed by atoms with Crippen molar-refractivity contribution in [3.8, 4) is 0 Å². The smallest absolute Gasteiger partial charge is 0.146 e. The van der Waals surface area contributed by atoms with Gasteiger partial charge in [0.05, 0.1) is 6.54 Å². The van der Waals surface area contributed by atoms with Gasteiger partial charge < -0.3 is 14.8 Å². The predicted molar refractivity (Wildman–Crippen MR) is 81.5 cm³/mol. The second kappa shape index (κ2) is 6.22. The van der Waals surface area contributed by atoms with E-state index in [-0.39, 0.29) is 0 Å². The van der Waals surface area contributed by atoms with Crippen molar-refractivity contribution in [1.82, 2.24) is 25.0 Å². The summed E-state index contributed by atoms with van der Waals surface area (Å²) in [5, 5.41) is 11.9. The van der Waals surface area contributed by atoms with Gasteiger partial charge in [-0.2, -0.15) is 0 Å². The fraction of sp³-hybridized carbons (Fsp3) is 0.867. The van der Waals surface area contributed by atoms with Gasteiger partial charge in [0.2, 0.25) is 0 Å². The lowest BCUT2D eigenvalue weighted by Crippen LogP contribution is -2.54. The zero-order chi connectivity index (χ0) is 14.8. The predicted octanol–water partition coefficient (Wildman–Crippen LogP) is 1.72. The van der Waals surface area contributed by atoms with Crippen molar-refractivity contribution in [1.29, 1.82) is 0 Å². The monoisotopic (exact) mass is 279 g/mol. The van der Waals surface area contributed by atoms with E-state index in [9.17, 15) is 0 Å². The van der Waals surface area contributed by atoms with Gasteiger partial charge in [-0.25, -0.2) is 0 Å². The number of nitrogens with zero attached hydrogens (tertiary/aromatic N) is 4. The number of nitrogens with one attached hydrogen (secondary N) is 1. The highest BCUT2D eigenvalue weighted by Gasteiger charge is 2.36. The molecule has 5 nitrogen and oxygen atoms in total. The van der Waals surface area contributed by atoms with Crippen LogP contribution in [-0.2, 0) is 13.6 Å². The van der Waals surface area contributed by atoms with Crippen LogP contribution in [0.25, 0.3) is 0 Å². The van der Waals surface area contributed by atoms with Crippen molar-refractivity contribution in [2.45, 2.75) is 51.6 Å². The molecular weight excluding hydrogens is 250 g/mol. The highest BCUT2D eigenvalue weighted by atomic mass is 15.3. The Balaban J connectivity index is 1.94. The average molecular weight is 279 g/mol. The second-order valence-electron chi connectivity index (χ2n) is 6.65. The van der Waals surface area contributed by atoms with Crippen LogP contribution in [0.4, 0.5) is 0 Å². The van der Waals surface area contributed by atoms with Crippen LogP contribution in [0.15, 0.2) is 0 Å². The highest BCUT2D eigenvalue weighted by molar-refractivity contribution is 4.96. The van der Waals surface area contributed by atoms with E-state index in [2.05, 4.69) is 46.0 Å². The molecular formula is C15H29N5. The first-order valence-corrected chi connectivity index (χ1v) is 7.67. The molecule has 1 saturated carbocycles. The van der Waals surface area contributed by atoms with Crippen molar-refractivity contribution in [2.24, 2.45) is 13.0 Å². The van der Waals surface area contributed by atoms with E-state index in [0.717, 1.165) is 30.7 Å². The first kappa shape index (κ1) is 15.4. The number of hydrogen-bond donors (Lipinski definition) is 1. The second-order valence-corrected chi connectivity index (χ2v) is 6.65. The Labute approximate surface area is 122 Å². The Kier molecular flexibility index (Phi) is 4.81. The van der Waals surface area contributed by atoms with Gasteiger partial charge in [0.1, 0.15) is 11.6 Å². The zero-order valence-corrected chi connectivity index (χ0v) is 13.6. The summed E-state index contributed by atoms with van der Waals surface area (Å²) >= 11 is 0. The minimum atomic E-state index is 0.297. The third-order valence-electron chi connectivity index (χ3n) is 4.94. The van der Waals surface area contributed by atoms with E-state index in [0.29, 0.717) is 5.54 Å². The molecule has 5 heteroatoms. The maximum absolute atomic E-state index is 4.22. The number of aromatic nitrogens is 3. The molecule has 114 valence electrons. The molecule has 1 aliphatic rings. The van der Waals surface area contributed by atoms with Crippen molar-refractivity contribution in [2.75, 3.05) is 20.6 Å². The van der Waals surface area contributed by atoms with Crippen molar-refractivity contribution < 1.29 is 0 Å². The summed E-state index contributed by atoms with van der Waals surface area (Å²) < 4.78 is 2.05. The molecule has 1 aromatic heterocycles. The minimum Gasteiger partial charge on any atom is -0.317 e. The van der Waals surface area contributed by atoms with Crippen molar-refractivity contribution in [3.05, 3.63) is 11.6 Å². The molecule has 0 aromatic carbocycles. The maximum Gasteiger partial charge on any atom is 0.146 e. The Morgan fingerprint density at radius 3 is 2.70 bits per heavy atom. The summed E-state index contributed by atoms with van der Waals surface area (Å²) in [6.45, 7) is 6.18. The van der Waals surface area contributed by atoms with Gasteiger partial charge in [0, 0.05) is 19.1 Å². The molecule has 2 unspecified atom stereocenters. The van der Waals surface area contributed by atoms with E-state index in [1.165, 1.54) is 25.7 Å². The lowest BCUT2D eigenvalue weighted by molar-refractivity contribution is 0.0747. The standard InChI is InChI=1S/C15H29N5/c1-12-7-6-8-15(9-12,19(3)4)11-16-10-14-18-17-13(2)20(14)5/h12,16H,6-11H2,1-5H3. The molecule has 0 bridgehead atoms. The molecule has 0 saturated heterocycles. The van der Waals surface area contributed by atoms with Gasteiger partial charge in [-0.1, -0.05) is 19.8 Å². The molecule has 1 aliphatic carbocycles. The SMILES string of the molecule is Cc1nnc(CNCC2(N(C)C)CCCC(C)C2)n1C. The zero-order valence-electron chi connectivity index (χ0n) is 13.6. The van der Waals surface area contributed by atoms with Gasteiger partial charge in [0.15, 0.2) is 0 Å². The quantitative estimate of drug-likeness (QED) is 0.891. The lowest BCUT2D eigenvalue weighted by atomic mass is 9.75. The molecule has 0 amide bonds. The fourth-order valence-electron chi connectivity index (χ4n) is 3.37. The van der Waals surface area contributed by atoms with E-state index in [1.54, 1.807) is 0 Å². The summed E-state index contributed by atoms with van der Waals surface area (Å²) in [5.41, 5.74) is 0.297. The molecule has 1 N–H and O–H groups in total. The van der Waals surface area contributed by atoms with Crippen LogP contribution in [0.3, 0.4) is 0 Å². The van der Waals surface area contributed by atoms with E-state index in [4.69, 9.17) is 0 Å². The third-order valence-corrected chi connectivity index (χ3v) is 4.94. The first-order chi connectivity index (χ1) is 9.44. The molecule has 1 heterocycles. The molecule has 0 radical (unpaired) electrons. The van der Waals surface area contributed by atoms with Crippen LogP contribution < -0.4 is 5.32 Å². The van der Waals surface area contributed by atoms with Crippen molar-refractivity contribution >= 4 is 0 Å². The molecule has 1 aromatic rings. The lowest BCUT2D eigenvalue weighted by Gasteiger charge is -2.45. The molecule has 0 spiro atoms. The number of likely N-dealkylation sites (N-methyl/N-ethyl adjacent to an activating group) is 1. The summed E-state index contributed by atoms with van der Waals surface area (Å²) in [6, 6.07) is 0. The topological polar surface area (TPSA) is 46.0 Å². The Morgan fingerprint density at radius 1 is 1.40 bits per heavy atom. The van der Waals surface area contributed by atoms with Gasteiger partial charge in [-0.05, 0) is 39.8 Å². The van der Waals surface area contributed by atoms with Crippen LogP contribution in [0.2, 0.25) is 0 Å². The van der Waals surface area contributed by atoms with Crippen molar-refractivity contribution in [3.63, 3.8) is 0 Å². The maximum atomic E-state index is 4.22. The van der Waals surface area contributed by atoms with Crippen LogP contribution >= 0.6 is 0 Å². The normalized spacial score (nSPS) is 27.2. The number of aryl methyl sites for hydroxylation is 1. The molecule has 2 rings (SSSR count). The van der Waals surface area contributed by atoms with Gasteiger partial charge >= 0.3 is 0 Å². The Morgan fingerprint density at radius 2 is 2.15 bits per heavy atom. The minimum absolute atomic E-state index is 0.297. The largest absolute Gasteiger partial charge is 0.317 e. The van der Waals surface area contributed by atoms with Gasteiger partial charge in [-0.15, -0.1) is 10.2 Å². The molecule has 1 fully saturated rings. The highest BCUT2D eigenvalue weighted by Crippen LogP contribution is 2.35. The van der Waals surface area contributed by atoms with E-state index >= 15 is 0 Å². The van der Waals surface area contributed by atoms with Crippen LogP contribution in [0, 0.1) is 12.8 Å². The van der Waals surface area contributed by atoms with E-state index in [1.807, 2.05) is 14.0 Å². The fourth-order valence-corrected chi connectivity index (χ4v) is 3.37. The Hall–Kier alpha value is -0.940. The van der Waals surface area contributed by atoms with Crippen LogP contribution in [0.1, 0.15) is 44.3 Å². The summed E-state index contributed by atoms with van der Waals surface area (Å²) in [7, 11) is 6.45. The Bertz CT molecular complexity index is 439. The molecule has 2 atom stereocenters. The van der Waals surface area contributed by atoms with Gasteiger partial charge in [-0.3, -0.25) is 0 Å². The molecule has 0 aliphatic heterocycles. The summed E-state index contributed by atoms with van der Waals surface area (Å²) in [5.74, 6) is 2.81. The number of rotatable bonds is 5.